The van der Waals surface area contributed by atoms with Crippen LogP contribution in [0.25, 0.3) is 0 Å². The lowest BCUT2D eigenvalue weighted by atomic mass is 10.00. The smallest absolute Gasteiger partial charge is 0.163 e. The minimum Gasteiger partial charge on any atom is -0.504 e. The molecule has 1 fully saturated rings. The van der Waals surface area contributed by atoms with Crippen LogP contribution in [-0.4, -0.2) is 49.8 Å². The maximum Gasteiger partial charge on any atom is 0.163 e. The summed E-state index contributed by atoms with van der Waals surface area (Å²) in [7, 11) is 1.61. The summed E-state index contributed by atoms with van der Waals surface area (Å²) in [6.07, 6.45) is 1.00. The number of benzene rings is 1. The first-order chi connectivity index (χ1) is 9.13. The van der Waals surface area contributed by atoms with E-state index in [0.717, 1.165) is 50.3 Å². The molecule has 0 aliphatic carbocycles. The molecule has 1 aliphatic heterocycles. The lowest BCUT2D eigenvalue weighted by molar-refractivity contribution is 0.243. The first kappa shape index (κ1) is 14.2. The number of aromatic hydroxyl groups is 1. The molecule has 1 aliphatic rings. The van der Waals surface area contributed by atoms with Crippen LogP contribution in [0.2, 0.25) is 0 Å². The van der Waals surface area contributed by atoms with Gasteiger partial charge in [-0.05, 0) is 37.0 Å². The Bertz CT molecular complexity index is 440. The fraction of sp³-hybridized carbons (Fsp3) is 0.600. The Balaban J connectivity index is 2.09. The number of piperazine rings is 1. The van der Waals surface area contributed by atoms with E-state index in [0.29, 0.717) is 5.75 Å². The Morgan fingerprint density at radius 1 is 1.32 bits per heavy atom. The van der Waals surface area contributed by atoms with Gasteiger partial charge in [-0.1, -0.05) is 6.07 Å². The summed E-state index contributed by atoms with van der Waals surface area (Å²) in [5.41, 5.74) is 3.21. The maximum atomic E-state index is 9.98. The zero-order chi connectivity index (χ0) is 13.8. The first-order valence-electron chi connectivity index (χ1n) is 6.92. The quantitative estimate of drug-likeness (QED) is 0.864. The van der Waals surface area contributed by atoms with Gasteiger partial charge in [0.25, 0.3) is 0 Å². The van der Waals surface area contributed by atoms with Crippen molar-refractivity contribution in [2.45, 2.75) is 20.3 Å². The Hall–Kier alpha value is -1.26. The average molecular weight is 264 g/mol. The number of ether oxygens (including phenoxy) is 1. The van der Waals surface area contributed by atoms with Crippen LogP contribution in [0.4, 0.5) is 0 Å². The van der Waals surface area contributed by atoms with Crippen LogP contribution < -0.4 is 10.1 Å². The topological polar surface area (TPSA) is 44.7 Å². The van der Waals surface area contributed by atoms with Crippen molar-refractivity contribution in [3.63, 3.8) is 0 Å². The lowest BCUT2D eigenvalue weighted by Gasteiger charge is -2.27. The summed E-state index contributed by atoms with van der Waals surface area (Å²) >= 11 is 0. The fourth-order valence-electron chi connectivity index (χ4n) is 2.66. The highest BCUT2D eigenvalue weighted by Crippen LogP contribution is 2.35. The molecule has 0 atom stereocenters. The zero-order valence-electron chi connectivity index (χ0n) is 12.1. The number of phenolic OH excluding ortho intramolecular Hbond substituents is 1. The van der Waals surface area contributed by atoms with Gasteiger partial charge in [0.2, 0.25) is 0 Å². The van der Waals surface area contributed by atoms with Crippen molar-refractivity contribution in [1.82, 2.24) is 10.2 Å². The van der Waals surface area contributed by atoms with Crippen molar-refractivity contribution in [3.05, 3.63) is 22.8 Å². The molecule has 1 heterocycles. The number of nitrogens with one attached hydrogen (secondary N) is 1. The molecule has 1 aromatic carbocycles. The molecule has 19 heavy (non-hydrogen) atoms. The summed E-state index contributed by atoms with van der Waals surface area (Å²) in [6.45, 7) is 9.40. The minimum absolute atomic E-state index is 0.269. The number of hydrogen-bond acceptors (Lipinski definition) is 4. The average Bonchev–Trinajstić information content (AvgIpc) is 2.43. The molecule has 4 nitrogen and oxygen atoms in total. The van der Waals surface area contributed by atoms with Gasteiger partial charge in [0.05, 0.1) is 7.11 Å². The second-order valence-corrected chi connectivity index (χ2v) is 5.20. The minimum atomic E-state index is 0.269. The normalized spacial score (nSPS) is 16.6. The fourth-order valence-corrected chi connectivity index (χ4v) is 2.66. The first-order valence-corrected chi connectivity index (χ1v) is 6.92. The van der Waals surface area contributed by atoms with Gasteiger partial charge < -0.3 is 20.1 Å². The van der Waals surface area contributed by atoms with Gasteiger partial charge in [-0.2, -0.15) is 0 Å². The number of nitrogens with zero attached hydrogens (tertiary/aromatic N) is 1. The van der Waals surface area contributed by atoms with Crippen molar-refractivity contribution in [3.8, 4) is 11.5 Å². The van der Waals surface area contributed by atoms with E-state index in [2.05, 4.69) is 16.3 Å². The molecule has 2 N–H and O–H groups in total. The number of aryl methyl sites for hydroxylation is 1. The summed E-state index contributed by atoms with van der Waals surface area (Å²) in [5.74, 6) is 0.890. The van der Waals surface area contributed by atoms with E-state index < -0.39 is 0 Å². The van der Waals surface area contributed by atoms with Crippen molar-refractivity contribution >= 4 is 0 Å². The van der Waals surface area contributed by atoms with Crippen LogP contribution in [0.5, 0.6) is 11.5 Å². The van der Waals surface area contributed by atoms with Crippen LogP contribution in [0.1, 0.15) is 16.7 Å². The number of rotatable bonds is 4. The molecule has 2 rings (SSSR count). The highest BCUT2D eigenvalue weighted by Gasteiger charge is 2.15. The highest BCUT2D eigenvalue weighted by molar-refractivity contribution is 5.53. The van der Waals surface area contributed by atoms with Gasteiger partial charge in [0.1, 0.15) is 0 Å². The van der Waals surface area contributed by atoms with Gasteiger partial charge in [-0.25, -0.2) is 0 Å². The molecular formula is C15H24N2O2. The molecule has 0 aromatic heterocycles. The van der Waals surface area contributed by atoms with Gasteiger partial charge in [0.15, 0.2) is 11.5 Å². The standard InChI is InChI=1S/C15H24N2O2/c1-11-10-13(12(2)15(19-3)14(11)18)4-7-17-8-5-16-6-9-17/h10,16,18H,4-9H2,1-3H3. The molecule has 106 valence electrons. The monoisotopic (exact) mass is 264 g/mol. The van der Waals surface area contributed by atoms with E-state index in [1.165, 1.54) is 5.56 Å². The third-order valence-electron chi connectivity index (χ3n) is 3.91. The van der Waals surface area contributed by atoms with Gasteiger partial charge in [-0.3, -0.25) is 0 Å². The molecule has 1 aromatic rings. The van der Waals surface area contributed by atoms with Gasteiger partial charge in [-0.15, -0.1) is 0 Å². The van der Waals surface area contributed by atoms with Crippen LogP contribution in [0.15, 0.2) is 6.07 Å². The third kappa shape index (κ3) is 3.19. The SMILES string of the molecule is COc1c(C)c(CCN2CCNCC2)cc(C)c1O. The number of phenols is 1. The van der Waals surface area contributed by atoms with E-state index in [1.54, 1.807) is 7.11 Å². The molecule has 0 radical (unpaired) electrons. The summed E-state index contributed by atoms with van der Waals surface area (Å²) in [4.78, 5) is 2.48. The molecular weight excluding hydrogens is 240 g/mol. The predicted octanol–water partition coefficient (Wildman–Crippen LogP) is 1.47. The van der Waals surface area contributed by atoms with E-state index in [9.17, 15) is 5.11 Å². The Labute approximate surface area is 115 Å². The van der Waals surface area contributed by atoms with E-state index in [4.69, 9.17) is 4.74 Å². The van der Waals surface area contributed by atoms with Crippen LogP contribution in [-0.2, 0) is 6.42 Å². The summed E-state index contributed by atoms with van der Waals surface area (Å²) in [5, 5.41) is 13.3. The molecule has 0 saturated carbocycles. The van der Waals surface area contributed by atoms with Gasteiger partial charge >= 0.3 is 0 Å². The summed E-state index contributed by atoms with van der Waals surface area (Å²) in [6, 6.07) is 2.08. The number of methoxy groups -OCH3 is 1. The van der Waals surface area contributed by atoms with E-state index >= 15 is 0 Å². The van der Waals surface area contributed by atoms with Gasteiger partial charge in [0, 0.05) is 32.7 Å². The second-order valence-electron chi connectivity index (χ2n) is 5.20. The van der Waals surface area contributed by atoms with Crippen molar-refractivity contribution in [2.75, 3.05) is 39.8 Å². The molecule has 4 heteroatoms. The molecule has 0 amide bonds. The van der Waals surface area contributed by atoms with Crippen molar-refractivity contribution in [1.29, 1.82) is 0 Å². The summed E-state index contributed by atoms with van der Waals surface area (Å²) < 4.78 is 5.32. The van der Waals surface area contributed by atoms with Crippen LogP contribution in [0.3, 0.4) is 0 Å². The maximum absolute atomic E-state index is 9.98. The van der Waals surface area contributed by atoms with Crippen molar-refractivity contribution in [2.24, 2.45) is 0 Å². The lowest BCUT2D eigenvalue weighted by Crippen LogP contribution is -2.44. The van der Waals surface area contributed by atoms with E-state index in [1.807, 2.05) is 13.8 Å². The largest absolute Gasteiger partial charge is 0.504 e. The highest BCUT2D eigenvalue weighted by atomic mass is 16.5. The third-order valence-corrected chi connectivity index (χ3v) is 3.91. The van der Waals surface area contributed by atoms with Crippen LogP contribution >= 0.6 is 0 Å². The second kappa shape index (κ2) is 6.26. The van der Waals surface area contributed by atoms with Crippen molar-refractivity contribution < 1.29 is 9.84 Å². The Kier molecular flexibility index (Phi) is 4.66. The van der Waals surface area contributed by atoms with Crippen LogP contribution in [0, 0.1) is 13.8 Å². The molecule has 0 bridgehead atoms. The van der Waals surface area contributed by atoms with E-state index in [-0.39, 0.29) is 5.75 Å². The number of hydrogen-bond donors (Lipinski definition) is 2. The Morgan fingerprint density at radius 2 is 2.00 bits per heavy atom. The zero-order valence-corrected chi connectivity index (χ0v) is 12.1. The predicted molar refractivity (Wildman–Crippen MR) is 77.1 cm³/mol. The molecule has 1 saturated heterocycles. The Morgan fingerprint density at radius 3 is 2.63 bits per heavy atom. The molecule has 0 unspecified atom stereocenters. The molecule has 0 spiro atoms.